The third-order valence-corrected chi connectivity index (χ3v) is 8.12. The molecular formula is C34H43IN2O7. The standard InChI is InChI=1S/C34H43IN2O7/c1-39-16-18-41-24-43-32-30(21-26-10-5-3-6-11-26)36-34(38)37(23-28-14-9-15-29(35)20-28)31(22-27-12-7-4-8-13-27)33(32)44-25-42-19-17-40-2/h3-15,20,30-33H,16-19,21-25H2,1-2H3,(H,36,38)/t30-,31-,32+,33+/m1/s1. The lowest BCUT2D eigenvalue weighted by Crippen LogP contribution is -2.53. The number of carbonyl (C=O) groups is 1. The second-order valence-electron chi connectivity index (χ2n) is 10.6. The number of hydrogen-bond donors (Lipinski definition) is 1. The molecule has 1 N–H and O–H groups in total. The smallest absolute Gasteiger partial charge is 0.318 e. The highest BCUT2D eigenvalue weighted by Gasteiger charge is 2.45. The van der Waals surface area contributed by atoms with Crippen LogP contribution in [0.1, 0.15) is 16.7 Å². The number of hydrogen-bond acceptors (Lipinski definition) is 7. The van der Waals surface area contributed by atoms with E-state index in [0.717, 1.165) is 20.3 Å². The summed E-state index contributed by atoms with van der Waals surface area (Å²) < 4.78 is 36.0. The van der Waals surface area contributed by atoms with E-state index in [1.807, 2.05) is 59.5 Å². The number of ether oxygens (including phenoxy) is 6. The van der Waals surface area contributed by atoms with Crippen LogP contribution in [-0.2, 0) is 47.8 Å². The Balaban J connectivity index is 1.73. The Kier molecular flexibility index (Phi) is 14.8. The van der Waals surface area contributed by atoms with Gasteiger partial charge in [-0.05, 0) is 64.3 Å². The van der Waals surface area contributed by atoms with Gasteiger partial charge in [-0.2, -0.15) is 0 Å². The van der Waals surface area contributed by atoms with E-state index in [4.69, 9.17) is 28.4 Å². The van der Waals surface area contributed by atoms with Crippen molar-refractivity contribution in [1.82, 2.24) is 10.2 Å². The Morgan fingerprint density at radius 3 is 1.86 bits per heavy atom. The van der Waals surface area contributed by atoms with E-state index in [-0.39, 0.29) is 25.7 Å². The van der Waals surface area contributed by atoms with Gasteiger partial charge in [-0.3, -0.25) is 0 Å². The number of halogens is 1. The first kappa shape index (κ1) is 34.3. The molecule has 1 fully saturated rings. The van der Waals surface area contributed by atoms with E-state index >= 15 is 0 Å². The molecular weight excluding hydrogens is 675 g/mol. The minimum Gasteiger partial charge on any atom is -0.382 e. The predicted octanol–water partition coefficient (Wildman–Crippen LogP) is 5.05. The highest BCUT2D eigenvalue weighted by atomic mass is 127. The first-order chi connectivity index (χ1) is 21.6. The first-order valence-electron chi connectivity index (χ1n) is 14.8. The molecule has 2 amide bonds. The van der Waals surface area contributed by atoms with Crippen molar-refractivity contribution in [2.75, 3.05) is 54.2 Å². The second-order valence-corrected chi connectivity index (χ2v) is 11.8. The number of benzene rings is 3. The number of amides is 2. The zero-order valence-electron chi connectivity index (χ0n) is 25.4. The largest absolute Gasteiger partial charge is 0.382 e. The fourth-order valence-corrected chi connectivity index (χ4v) is 5.92. The van der Waals surface area contributed by atoms with Gasteiger partial charge in [0.2, 0.25) is 0 Å². The van der Waals surface area contributed by atoms with Crippen LogP contribution in [0.5, 0.6) is 0 Å². The Bertz CT molecular complexity index is 1240. The van der Waals surface area contributed by atoms with E-state index < -0.39 is 18.2 Å². The predicted molar refractivity (Wildman–Crippen MR) is 176 cm³/mol. The minimum atomic E-state index is -0.556. The summed E-state index contributed by atoms with van der Waals surface area (Å²) in [7, 11) is 3.26. The third-order valence-electron chi connectivity index (χ3n) is 7.45. The summed E-state index contributed by atoms with van der Waals surface area (Å²) in [5.41, 5.74) is 3.19. The van der Waals surface area contributed by atoms with Gasteiger partial charge in [0.25, 0.3) is 0 Å². The summed E-state index contributed by atoms with van der Waals surface area (Å²) >= 11 is 2.30. The average molecular weight is 719 g/mol. The van der Waals surface area contributed by atoms with Crippen molar-refractivity contribution in [3.8, 4) is 0 Å². The van der Waals surface area contributed by atoms with E-state index in [2.05, 4.69) is 58.2 Å². The Morgan fingerprint density at radius 1 is 0.705 bits per heavy atom. The van der Waals surface area contributed by atoms with Gasteiger partial charge in [-0.25, -0.2) is 4.79 Å². The number of methoxy groups -OCH3 is 2. The molecule has 0 aliphatic carbocycles. The van der Waals surface area contributed by atoms with Crippen LogP contribution in [0, 0.1) is 3.57 Å². The van der Waals surface area contributed by atoms with Gasteiger partial charge in [-0.1, -0.05) is 72.8 Å². The molecule has 44 heavy (non-hydrogen) atoms. The van der Waals surface area contributed by atoms with E-state index in [1.165, 1.54) is 0 Å². The molecule has 0 bridgehead atoms. The SMILES string of the molecule is COCCOCO[C@@H]1[C@@H](OCOCCOC)[C@@H](Cc2ccccc2)NC(=O)N(Cc2cccc(I)c2)[C@@H]1Cc1ccccc1. The van der Waals surface area contributed by atoms with Crippen molar-refractivity contribution in [3.63, 3.8) is 0 Å². The maximum absolute atomic E-state index is 14.2. The van der Waals surface area contributed by atoms with Crippen LogP contribution < -0.4 is 5.32 Å². The molecule has 0 aromatic heterocycles. The van der Waals surface area contributed by atoms with Gasteiger partial charge in [0.15, 0.2) is 0 Å². The first-order valence-corrected chi connectivity index (χ1v) is 15.9. The molecule has 1 saturated heterocycles. The zero-order valence-corrected chi connectivity index (χ0v) is 27.6. The molecule has 0 unspecified atom stereocenters. The van der Waals surface area contributed by atoms with Crippen LogP contribution in [0.4, 0.5) is 4.79 Å². The molecule has 10 heteroatoms. The average Bonchev–Trinajstić information content (AvgIpc) is 3.12. The summed E-state index contributed by atoms with van der Waals surface area (Å²) in [6, 6.07) is 27.5. The van der Waals surface area contributed by atoms with Crippen LogP contribution in [0.15, 0.2) is 84.9 Å². The lowest BCUT2D eigenvalue weighted by atomic mass is 9.91. The number of nitrogens with zero attached hydrogens (tertiary/aromatic N) is 1. The van der Waals surface area contributed by atoms with Crippen LogP contribution in [0.25, 0.3) is 0 Å². The van der Waals surface area contributed by atoms with E-state index in [9.17, 15) is 4.79 Å². The van der Waals surface area contributed by atoms with Gasteiger partial charge >= 0.3 is 6.03 Å². The van der Waals surface area contributed by atoms with Crippen LogP contribution in [0.2, 0.25) is 0 Å². The van der Waals surface area contributed by atoms with Crippen molar-refractivity contribution < 1.29 is 33.2 Å². The maximum atomic E-state index is 14.2. The quantitative estimate of drug-likeness (QED) is 0.112. The molecule has 4 atom stereocenters. The molecule has 3 aromatic rings. The van der Waals surface area contributed by atoms with Gasteiger partial charge in [0, 0.05) is 24.3 Å². The van der Waals surface area contributed by atoms with Crippen LogP contribution >= 0.6 is 22.6 Å². The lowest BCUT2D eigenvalue weighted by Gasteiger charge is -2.37. The molecule has 4 rings (SSSR count). The number of carbonyl (C=O) groups excluding carboxylic acids is 1. The number of rotatable bonds is 18. The highest BCUT2D eigenvalue weighted by molar-refractivity contribution is 14.1. The summed E-state index contributed by atoms with van der Waals surface area (Å²) in [6.07, 6.45) is -0.000317. The lowest BCUT2D eigenvalue weighted by molar-refractivity contribution is -0.187. The topological polar surface area (TPSA) is 87.7 Å². The van der Waals surface area contributed by atoms with Gasteiger partial charge < -0.3 is 38.6 Å². The van der Waals surface area contributed by atoms with Crippen molar-refractivity contribution in [2.45, 2.75) is 43.7 Å². The summed E-state index contributed by atoms with van der Waals surface area (Å²) in [5, 5.41) is 3.31. The zero-order chi connectivity index (χ0) is 31.0. The molecule has 1 aliphatic rings. The van der Waals surface area contributed by atoms with Gasteiger partial charge in [-0.15, -0.1) is 0 Å². The van der Waals surface area contributed by atoms with Crippen LogP contribution in [0.3, 0.4) is 0 Å². The fraction of sp³-hybridized carbons (Fsp3) is 0.441. The Hall–Kier alpha value is -2.58. The van der Waals surface area contributed by atoms with Gasteiger partial charge in [0.05, 0.1) is 38.5 Å². The molecule has 1 aliphatic heterocycles. The Labute approximate surface area is 274 Å². The minimum absolute atomic E-state index is 0.0209. The number of urea groups is 1. The van der Waals surface area contributed by atoms with E-state index in [0.29, 0.717) is 45.8 Å². The van der Waals surface area contributed by atoms with Crippen molar-refractivity contribution >= 4 is 28.6 Å². The van der Waals surface area contributed by atoms with E-state index in [1.54, 1.807) is 14.2 Å². The third kappa shape index (κ3) is 10.8. The maximum Gasteiger partial charge on any atom is 0.318 e. The molecule has 0 spiro atoms. The van der Waals surface area contributed by atoms with Gasteiger partial charge in [0.1, 0.15) is 25.8 Å². The van der Waals surface area contributed by atoms with Crippen molar-refractivity contribution in [2.24, 2.45) is 0 Å². The molecule has 1 heterocycles. The molecule has 3 aromatic carbocycles. The highest BCUT2D eigenvalue weighted by Crippen LogP contribution is 2.28. The Morgan fingerprint density at radius 2 is 1.27 bits per heavy atom. The number of nitrogens with one attached hydrogen (secondary N) is 1. The summed E-state index contributed by atoms with van der Waals surface area (Å²) in [6.45, 7) is 2.11. The van der Waals surface area contributed by atoms with Crippen molar-refractivity contribution in [3.05, 3.63) is 105 Å². The van der Waals surface area contributed by atoms with Crippen molar-refractivity contribution in [1.29, 1.82) is 0 Å². The summed E-state index contributed by atoms with van der Waals surface area (Å²) in [4.78, 5) is 16.1. The second kappa shape index (κ2) is 19.1. The molecule has 238 valence electrons. The summed E-state index contributed by atoms with van der Waals surface area (Å²) in [5.74, 6) is 0. The molecule has 9 nitrogen and oxygen atoms in total. The van der Waals surface area contributed by atoms with Crippen LogP contribution in [-0.4, -0.2) is 89.5 Å². The fourth-order valence-electron chi connectivity index (χ4n) is 5.31. The normalized spacial score (nSPS) is 20.3. The monoisotopic (exact) mass is 718 g/mol. The molecule has 0 radical (unpaired) electrons. The molecule has 0 saturated carbocycles.